The standard InChI is InChI=1S/C9H18O4/c1-6(2)7(8(10)11)9(3,12)5-13-4/h6-7,12H,5H2,1-4H3,(H,10,11). The van der Waals surface area contributed by atoms with E-state index in [1.165, 1.54) is 14.0 Å². The van der Waals surface area contributed by atoms with Crippen LogP contribution in [-0.2, 0) is 9.53 Å². The second-order valence-electron chi connectivity index (χ2n) is 3.85. The third-order valence-electron chi connectivity index (χ3n) is 2.04. The third-order valence-corrected chi connectivity index (χ3v) is 2.04. The van der Waals surface area contributed by atoms with E-state index in [1.54, 1.807) is 13.8 Å². The van der Waals surface area contributed by atoms with Crippen molar-refractivity contribution in [1.82, 2.24) is 0 Å². The lowest BCUT2D eigenvalue weighted by Crippen LogP contribution is -2.46. The lowest BCUT2D eigenvalue weighted by Gasteiger charge is -2.31. The summed E-state index contributed by atoms with van der Waals surface area (Å²) in [5.41, 5.74) is -1.31. The molecule has 0 saturated heterocycles. The Labute approximate surface area is 78.5 Å². The van der Waals surface area contributed by atoms with Crippen LogP contribution in [0.15, 0.2) is 0 Å². The molecule has 0 aromatic rings. The summed E-state index contributed by atoms with van der Waals surface area (Å²) >= 11 is 0. The van der Waals surface area contributed by atoms with Crippen molar-refractivity contribution in [2.45, 2.75) is 26.4 Å². The van der Waals surface area contributed by atoms with Crippen molar-refractivity contribution in [2.24, 2.45) is 11.8 Å². The summed E-state index contributed by atoms with van der Waals surface area (Å²) in [7, 11) is 1.44. The second-order valence-corrected chi connectivity index (χ2v) is 3.85. The molecule has 4 heteroatoms. The Bertz CT molecular complexity index is 174. The predicted molar refractivity (Wildman–Crippen MR) is 48.5 cm³/mol. The van der Waals surface area contributed by atoms with Gasteiger partial charge in [0.05, 0.1) is 18.1 Å². The molecule has 0 spiro atoms. The first-order valence-corrected chi connectivity index (χ1v) is 4.27. The zero-order valence-electron chi connectivity index (χ0n) is 8.57. The zero-order chi connectivity index (χ0) is 10.6. The zero-order valence-corrected chi connectivity index (χ0v) is 8.57. The fraction of sp³-hybridized carbons (Fsp3) is 0.889. The summed E-state index contributed by atoms with van der Waals surface area (Å²) in [6, 6.07) is 0. The molecule has 0 aliphatic carbocycles. The van der Waals surface area contributed by atoms with Crippen LogP contribution in [0.3, 0.4) is 0 Å². The van der Waals surface area contributed by atoms with Crippen molar-refractivity contribution >= 4 is 5.97 Å². The Balaban J connectivity index is 4.62. The highest BCUT2D eigenvalue weighted by Gasteiger charge is 2.39. The number of carboxylic acid groups (broad SMARTS) is 1. The quantitative estimate of drug-likeness (QED) is 0.671. The van der Waals surface area contributed by atoms with Crippen LogP contribution in [0.4, 0.5) is 0 Å². The predicted octanol–water partition coefficient (Wildman–Crippen LogP) is 0.741. The molecular formula is C9H18O4. The lowest BCUT2D eigenvalue weighted by molar-refractivity contribution is -0.158. The van der Waals surface area contributed by atoms with Gasteiger partial charge in [-0.25, -0.2) is 0 Å². The van der Waals surface area contributed by atoms with Gasteiger partial charge in [0.2, 0.25) is 0 Å². The first-order valence-electron chi connectivity index (χ1n) is 4.27. The van der Waals surface area contributed by atoms with Crippen LogP contribution in [0, 0.1) is 11.8 Å². The average molecular weight is 190 g/mol. The first kappa shape index (κ1) is 12.4. The van der Waals surface area contributed by atoms with E-state index in [-0.39, 0.29) is 12.5 Å². The van der Waals surface area contributed by atoms with Crippen molar-refractivity contribution in [3.8, 4) is 0 Å². The van der Waals surface area contributed by atoms with Crippen molar-refractivity contribution < 1.29 is 19.7 Å². The number of aliphatic carboxylic acids is 1. The Morgan fingerprint density at radius 2 is 2.00 bits per heavy atom. The van der Waals surface area contributed by atoms with Gasteiger partial charge in [-0.05, 0) is 12.8 Å². The van der Waals surface area contributed by atoms with Gasteiger partial charge in [0.25, 0.3) is 0 Å². The number of ether oxygens (including phenoxy) is 1. The van der Waals surface area contributed by atoms with Crippen LogP contribution < -0.4 is 0 Å². The Morgan fingerprint density at radius 1 is 1.54 bits per heavy atom. The minimum Gasteiger partial charge on any atom is -0.481 e. The van der Waals surface area contributed by atoms with Gasteiger partial charge >= 0.3 is 5.97 Å². The number of carboxylic acids is 1. The number of aliphatic hydroxyl groups is 1. The molecule has 0 rings (SSSR count). The third kappa shape index (κ3) is 3.32. The maximum absolute atomic E-state index is 10.8. The van der Waals surface area contributed by atoms with Gasteiger partial charge in [-0.1, -0.05) is 13.8 Å². The fourth-order valence-electron chi connectivity index (χ4n) is 1.65. The van der Waals surface area contributed by atoms with E-state index in [4.69, 9.17) is 9.84 Å². The summed E-state index contributed by atoms with van der Waals surface area (Å²) in [6.07, 6.45) is 0. The van der Waals surface area contributed by atoms with E-state index in [9.17, 15) is 9.90 Å². The molecule has 78 valence electrons. The molecule has 13 heavy (non-hydrogen) atoms. The topological polar surface area (TPSA) is 66.8 Å². The van der Waals surface area contributed by atoms with Gasteiger partial charge in [0.1, 0.15) is 0 Å². The molecule has 0 aliphatic rings. The van der Waals surface area contributed by atoms with E-state index < -0.39 is 17.5 Å². The minimum absolute atomic E-state index is 0.0299. The van der Waals surface area contributed by atoms with Gasteiger partial charge in [-0.15, -0.1) is 0 Å². The van der Waals surface area contributed by atoms with Crippen LogP contribution in [0.5, 0.6) is 0 Å². The van der Waals surface area contributed by atoms with Gasteiger partial charge in [0, 0.05) is 7.11 Å². The molecule has 0 fully saturated rings. The number of rotatable bonds is 5. The molecule has 2 unspecified atom stereocenters. The van der Waals surface area contributed by atoms with Crippen LogP contribution in [-0.4, -0.2) is 35.5 Å². The monoisotopic (exact) mass is 190 g/mol. The highest BCUT2D eigenvalue weighted by molar-refractivity contribution is 5.71. The highest BCUT2D eigenvalue weighted by atomic mass is 16.5. The molecule has 4 nitrogen and oxygen atoms in total. The lowest BCUT2D eigenvalue weighted by atomic mass is 9.81. The van der Waals surface area contributed by atoms with Crippen molar-refractivity contribution in [1.29, 1.82) is 0 Å². The van der Waals surface area contributed by atoms with E-state index >= 15 is 0 Å². The minimum atomic E-state index is -1.31. The van der Waals surface area contributed by atoms with Crippen LogP contribution in [0.25, 0.3) is 0 Å². The van der Waals surface area contributed by atoms with Gasteiger partial charge in [-0.2, -0.15) is 0 Å². The molecule has 0 aromatic heterocycles. The summed E-state index contributed by atoms with van der Waals surface area (Å²) in [4.78, 5) is 10.8. The smallest absolute Gasteiger partial charge is 0.309 e. The number of methoxy groups -OCH3 is 1. The average Bonchev–Trinajstić information content (AvgIpc) is 1.82. The molecule has 0 bridgehead atoms. The molecule has 0 amide bonds. The Hall–Kier alpha value is -0.610. The fourth-order valence-corrected chi connectivity index (χ4v) is 1.65. The van der Waals surface area contributed by atoms with Gasteiger partial charge in [0.15, 0.2) is 0 Å². The van der Waals surface area contributed by atoms with E-state index in [1.807, 2.05) is 0 Å². The Morgan fingerprint density at radius 3 is 2.23 bits per heavy atom. The summed E-state index contributed by atoms with van der Waals surface area (Å²) in [5.74, 6) is -1.91. The first-order chi connectivity index (χ1) is 5.83. The largest absolute Gasteiger partial charge is 0.481 e. The number of carbonyl (C=O) groups is 1. The molecule has 0 aromatic carbocycles. The molecule has 0 radical (unpaired) electrons. The number of hydrogen-bond donors (Lipinski definition) is 2. The summed E-state index contributed by atoms with van der Waals surface area (Å²) in [5, 5.41) is 18.7. The summed E-state index contributed by atoms with van der Waals surface area (Å²) < 4.78 is 4.77. The molecule has 2 N–H and O–H groups in total. The summed E-state index contributed by atoms with van der Waals surface area (Å²) in [6.45, 7) is 5.04. The normalized spacial score (nSPS) is 18.3. The van der Waals surface area contributed by atoms with Crippen molar-refractivity contribution in [3.05, 3.63) is 0 Å². The SMILES string of the molecule is COCC(C)(O)C(C(=O)O)C(C)C. The van der Waals surface area contributed by atoms with E-state index in [2.05, 4.69) is 0 Å². The van der Waals surface area contributed by atoms with Crippen molar-refractivity contribution in [2.75, 3.05) is 13.7 Å². The van der Waals surface area contributed by atoms with E-state index in [0.717, 1.165) is 0 Å². The van der Waals surface area contributed by atoms with Crippen molar-refractivity contribution in [3.63, 3.8) is 0 Å². The van der Waals surface area contributed by atoms with Crippen LogP contribution in [0.1, 0.15) is 20.8 Å². The van der Waals surface area contributed by atoms with Gasteiger partial charge in [-0.3, -0.25) is 4.79 Å². The molecular weight excluding hydrogens is 172 g/mol. The maximum Gasteiger partial charge on any atom is 0.309 e. The molecule has 0 heterocycles. The van der Waals surface area contributed by atoms with Gasteiger partial charge < -0.3 is 14.9 Å². The van der Waals surface area contributed by atoms with E-state index in [0.29, 0.717) is 0 Å². The maximum atomic E-state index is 10.8. The Kier molecular flexibility index (Phi) is 4.36. The van der Waals surface area contributed by atoms with Crippen LogP contribution >= 0.6 is 0 Å². The number of hydrogen-bond acceptors (Lipinski definition) is 3. The second kappa shape index (κ2) is 4.58. The molecule has 2 atom stereocenters. The molecule has 0 aliphatic heterocycles. The highest BCUT2D eigenvalue weighted by Crippen LogP contribution is 2.25. The van der Waals surface area contributed by atoms with Crippen LogP contribution in [0.2, 0.25) is 0 Å². The molecule has 0 saturated carbocycles.